The Morgan fingerprint density at radius 2 is 1.88 bits per heavy atom. The number of thiazole rings is 1. The first-order valence-corrected chi connectivity index (χ1v) is 23.5. The topological polar surface area (TPSA) is 146 Å². The van der Waals surface area contributed by atoms with Gasteiger partial charge >= 0.3 is 29.4 Å². The minimum Gasteiger partial charge on any atom is -0.461 e. The summed E-state index contributed by atoms with van der Waals surface area (Å²) in [5, 5.41) is 9.69. The number of urea groups is 1. The number of fused-ring (bicyclic) bond motifs is 7. The van der Waals surface area contributed by atoms with Gasteiger partial charge in [0.25, 0.3) is 0 Å². The molecule has 7 heterocycles. The average molecular weight is 891 g/mol. The first-order valence-electron chi connectivity index (χ1n) is 22.6. The Balaban J connectivity index is 1.11. The molecule has 1 unspecified atom stereocenters. The van der Waals surface area contributed by atoms with Crippen LogP contribution in [-0.4, -0.2) is 146 Å². The van der Waals surface area contributed by atoms with E-state index >= 15 is 0 Å². The number of likely N-dealkylation sites (N-methyl/N-ethyl adjacent to an activating group) is 2. The third-order valence-corrected chi connectivity index (χ3v) is 15.1. The van der Waals surface area contributed by atoms with Gasteiger partial charge in [-0.25, -0.2) is 24.4 Å². The maximum Gasteiger partial charge on any atom is 0.411 e. The van der Waals surface area contributed by atoms with Gasteiger partial charge in [0.2, 0.25) is 6.21 Å². The highest BCUT2D eigenvalue weighted by Crippen LogP contribution is 2.57. The molecule has 1 aromatic carbocycles. The van der Waals surface area contributed by atoms with Gasteiger partial charge in [-0.3, -0.25) is 14.7 Å². The standard InChI is InChI=1S/C48H60N9O6S/c1-11-55-35-17-16-29-20-32(35)37-38(42(62-10)39-31(41(37)55)14-12-18-49-39)47(6,7)26-63-44(59)33-15-13-19-57(51-33)45(60)48(21-36-50-34(29)24-64-36)25-56(48)43(58)40(27(2)3)53(9)46(61)54-22-30(23-54)52(8)28(4)5/h12,14,16-18,20,24-25,27-28,30,38,40,42H,11,13,15,19,21-23,26H2,1-10H3/q+1/t38?,40-,42-,48+/m0/s1. The minimum absolute atomic E-state index is 0.0498. The summed E-state index contributed by atoms with van der Waals surface area (Å²) in [7, 11) is 5.44. The zero-order chi connectivity index (χ0) is 45.6. The van der Waals surface area contributed by atoms with Gasteiger partial charge in [0, 0.05) is 104 Å². The number of benzene rings is 1. The van der Waals surface area contributed by atoms with Crippen LogP contribution in [0.15, 0.2) is 47.0 Å². The molecule has 9 rings (SSSR count). The molecule has 4 aromatic rings. The molecule has 5 aliphatic rings. The van der Waals surface area contributed by atoms with Crippen molar-refractivity contribution in [2.45, 2.75) is 110 Å². The Labute approximate surface area is 378 Å². The Hall–Kier alpha value is -5.32. The van der Waals surface area contributed by atoms with Crippen LogP contribution in [0.4, 0.5) is 4.79 Å². The molecule has 4 amide bonds. The van der Waals surface area contributed by atoms with Gasteiger partial charge in [0.05, 0.1) is 30.1 Å². The molecule has 1 saturated heterocycles. The van der Waals surface area contributed by atoms with Crippen molar-refractivity contribution in [1.82, 2.24) is 34.2 Å². The lowest BCUT2D eigenvalue weighted by Crippen LogP contribution is -2.65. The number of amides is 4. The fraction of sp³-hybridized carbons (Fsp3) is 0.542. The highest BCUT2D eigenvalue weighted by Gasteiger charge is 2.69. The zero-order valence-corrected chi connectivity index (χ0v) is 39.4. The molecule has 0 N–H and O–H groups in total. The van der Waals surface area contributed by atoms with Crippen LogP contribution >= 0.6 is 11.3 Å². The number of methoxy groups -OCH3 is 1. The van der Waals surface area contributed by atoms with Gasteiger partial charge in [-0.2, -0.15) is 5.10 Å². The Kier molecular flexibility index (Phi) is 11.2. The predicted molar refractivity (Wildman–Crippen MR) is 245 cm³/mol. The van der Waals surface area contributed by atoms with Crippen LogP contribution in [0, 0.1) is 11.3 Å². The fourth-order valence-electron chi connectivity index (χ4n) is 10.5. The molecule has 0 saturated carbocycles. The van der Waals surface area contributed by atoms with Gasteiger partial charge in [0.15, 0.2) is 6.04 Å². The van der Waals surface area contributed by atoms with Crippen LogP contribution in [0.1, 0.15) is 89.6 Å². The number of aryl methyl sites for hydroxylation is 1. The highest BCUT2D eigenvalue weighted by atomic mass is 32.1. The molecule has 3 aromatic heterocycles. The van der Waals surface area contributed by atoms with Crippen molar-refractivity contribution in [1.29, 1.82) is 0 Å². The fourth-order valence-corrected chi connectivity index (χ4v) is 11.4. The van der Waals surface area contributed by atoms with Gasteiger partial charge in [-0.1, -0.05) is 33.8 Å². The summed E-state index contributed by atoms with van der Waals surface area (Å²) in [6.07, 6.45) is 3.94. The number of hydrogen-bond acceptors (Lipinski definition) is 11. The number of carbonyl (C=O) groups is 4. The lowest BCUT2D eigenvalue weighted by molar-refractivity contribution is -0.423. The summed E-state index contributed by atoms with van der Waals surface area (Å²) in [5.74, 6) is -1.90. The lowest BCUT2D eigenvalue weighted by Gasteiger charge is -2.47. The summed E-state index contributed by atoms with van der Waals surface area (Å²) in [6.45, 7) is 16.6. The number of pyridine rings is 1. The number of nitrogens with zero attached hydrogens (tertiary/aromatic N) is 9. The zero-order valence-electron chi connectivity index (χ0n) is 38.6. The SMILES string of the molecule is CCn1c2c3c4cc(ccc41)-c1csc(n1)C[C@@]1(C=[N+]1C(=O)[C@H](C(C)C)N(C)C(=O)N1CC(N(C)C(C)C)C1)C(=O)N1CCCC(=N1)C(=O)OCC(C)(C)C3[C@H](OC)c1ncccc1-2. The summed E-state index contributed by atoms with van der Waals surface area (Å²) in [5.41, 5.74) is 4.82. The third kappa shape index (κ3) is 7.07. The Morgan fingerprint density at radius 1 is 1.11 bits per heavy atom. The molecular formula is C48H60N9O6S+. The summed E-state index contributed by atoms with van der Waals surface area (Å²) in [4.78, 5) is 73.3. The maximum atomic E-state index is 15.0. The van der Waals surface area contributed by atoms with Gasteiger partial charge in [-0.15, -0.1) is 15.9 Å². The van der Waals surface area contributed by atoms with E-state index in [1.54, 1.807) is 31.5 Å². The van der Waals surface area contributed by atoms with E-state index in [0.717, 1.165) is 44.7 Å². The Morgan fingerprint density at radius 3 is 2.58 bits per heavy atom. The van der Waals surface area contributed by atoms with E-state index < -0.39 is 35.0 Å². The molecule has 4 atom stereocenters. The molecule has 6 bridgehead atoms. The molecule has 1 spiro atoms. The van der Waals surface area contributed by atoms with E-state index in [1.807, 2.05) is 25.3 Å². The molecular weight excluding hydrogens is 831 g/mol. The van der Waals surface area contributed by atoms with Crippen molar-refractivity contribution < 1.29 is 33.2 Å². The number of rotatable bonds is 7. The second-order valence-corrected chi connectivity index (χ2v) is 20.4. The van der Waals surface area contributed by atoms with E-state index in [0.29, 0.717) is 43.5 Å². The molecule has 16 heteroatoms. The molecule has 0 radical (unpaired) electrons. The first-order chi connectivity index (χ1) is 30.5. The molecule has 338 valence electrons. The summed E-state index contributed by atoms with van der Waals surface area (Å²) >= 11 is 1.43. The van der Waals surface area contributed by atoms with Crippen molar-refractivity contribution in [2.75, 3.05) is 47.4 Å². The number of ether oxygens (including phenoxy) is 2. The van der Waals surface area contributed by atoms with E-state index in [4.69, 9.17) is 19.4 Å². The molecule has 4 aliphatic heterocycles. The largest absolute Gasteiger partial charge is 0.461 e. The smallest absolute Gasteiger partial charge is 0.411 e. The van der Waals surface area contributed by atoms with Crippen LogP contribution in [-0.2, 0) is 36.8 Å². The molecule has 64 heavy (non-hydrogen) atoms. The van der Waals surface area contributed by atoms with Crippen molar-refractivity contribution in [3.8, 4) is 22.5 Å². The highest BCUT2D eigenvalue weighted by molar-refractivity contribution is 7.10. The molecule has 1 aliphatic carbocycles. The van der Waals surface area contributed by atoms with Gasteiger partial charge in [-0.05, 0) is 70.0 Å². The van der Waals surface area contributed by atoms with Gasteiger partial charge < -0.3 is 23.8 Å². The maximum absolute atomic E-state index is 15.0. The van der Waals surface area contributed by atoms with Gasteiger partial charge in [0.1, 0.15) is 16.8 Å². The molecule has 1 fully saturated rings. The number of hydrazone groups is 1. The lowest BCUT2D eigenvalue weighted by atomic mass is 9.67. The van der Waals surface area contributed by atoms with E-state index in [9.17, 15) is 19.2 Å². The monoisotopic (exact) mass is 890 g/mol. The summed E-state index contributed by atoms with van der Waals surface area (Å²) < 4.78 is 16.3. The van der Waals surface area contributed by atoms with E-state index in [-0.39, 0.29) is 55.1 Å². The van der Waals surface area contributed by atoms with Crippen molar-refractivity contribution >= 4 is 58.0 Å². The number of cyclic esters (lactones) is 1. The third-order valence-electron chi connectivity index (χ3n) is 14.3. The average Bonchev–Trinajstić information content (AvgIpc) is 3.63. The normalized spacial score (nSPS) is 23.5. The number of carbonyl (C=O) groups excluding carboxylic acids is 4. The van der Waals surface area contributed by atoms with Crippen LogP contribution in [0.5, 0.6) is 0 Å². The Bertz CT molecular complexity index is 2620. The van der Waals surface area contributed by atoms with Crippen molar-refractivity contribution in [3.63, 3.8) is 0 Å². The molecule has 15 nitrogen and oxygen atoms in total. The minimum atomic E-state index is -1.43. The van der Waals surface area contributed by atoms with Crippen molar-refractivity contribution in [2.24, 2.45) is 16.4 Å². The van der Waals surface area contributed by atoms with E-state index in [1.165, 1.54) is 25.8 Å². The quantitative estimate of drug-likeness (QED) is 0.157. The van der Waals surface area contributed by atoms with Crippen LogP contribution < -0.4 is 0 Å². The van der Waals surface area contributed by atoms with Crippen LogP contribution in [0.2, 0.25) is 0 Å². The van der Waals surface area contributed by atoms with Crippen LogP contribution in [0.3, 0.4) is 0 Å². The summed E-state index contributed by atoms with van der Waals surface area (Å²) in [6, 6.07) is 10.0. The van der Waals surface area contributed by atoms with Crippen molar-refractivity contribution in [3.05, 3.63) is 58.2 Å². The number of likely N-dealkylation sites (tertiary alicyclic amines) is 1. The van der Waals surface area contributed by atoms with Crippen LogP contribution in [0.25, 0.3) is 33.4 Å². The van der Waals surface area contributed by atoms with E-state index in [2.05, 4.69) is 80.5 Å². The second kappa shape index (κ2) is 16.3. The number of hydrogen-bond donors (Lipinski definition) is 0. The first kappa shape index (κ1) is 43.9. The number of aromatic nitrogens is 3. The number of esters is 1. The predicted octanol–water partition coefficient (Wildman–Crippen LogP) is 6.20. The second-order valence-electron chi connectivity index (χ2n) is 19.4.